The van der Waals surface area contributed by atoms with Gasteiger partial charge in [-0.2, -0.15) is 0 Å². The van der Waals surface area contributed by atoms with Crippen LogP contribution < -0.4 is 0 Å². The van der Waals surface area contributed by atoms with Crippen LogP contribution in [-0.4, -0.2) is 10.1 Å². The minimum absolute atomic E-state index is 0.285. The number of nitrogens with one attached hydrogen (secondary N) is 1. The highest BCUT2D eigenvalue weighted by Gasteiger charge is 2.08. The lowest BCUT2D eigenvalue weighted by Gasteiger charge is -2.05. The molecule has 0 unspecified atom stereocenters. The van der Waals surface area contributed by atoms with E-state index in [4.69, 9.17) is 0 Å². The molecule has 0 fully saturated rings. The second kappa shape index (κ2) is 4.41. The third-order valence-corrected chi connectivity index (χ3v) is 2.97. The number of rotatable bonds is 2. The van der Waals surface area contributed by atoms with Gasteiger partial charge in [-0.1, -0.05) is 42.5 Å². The number of hydrogen-bond donors (Lipinski definition) is 2. The Morgan fingerprint density at radius 1 is 0.778 bits per heavy atom. The van der Waals surface area contributed by atoms with Crippen molar-refractivity contribution in [2.45, 2.75) is 0 Å². The summed E-state index contributed by atoms with van der Waals surface area (Å²) in [6, 6.07) is 19.5. The van der Waals surface area contributed by atoms with Gasteiger partial charge in [0.15, 0.2) is 0 Å². The molecule has 88 valence electrons. The first-order valence-electron chi connectivity index (χ1n) is 5.87. The van der Waals surface area contributed by atoms with Gasteiger partial charge in [0.25, 0.3) is 0 Å². The Bertz CT molecular complexity index is 656. The number of H-pyrrole nitrogens is 1. The highest BCUT2D eigenvalue weighted by atomic mass is 16.3. The Kier molecular flexibility index (Phi) is 2.61. The smallest absolute Gasteiger partial charge is 0.116 e. The Morgan fingerprint density at radius 2 is 1.56 bits per heavy atom. The third-order valence-electron chi connectivity index (χ3n) is 2.97. The molecule has 0 bridgehead atoms. The SMILES string of the molecule is Oc1cccc(-c2cc[nH]c2-c2ccccc2)c1. The van der Waals surface area contributed by atoms with Gasteiger partial charge in [-0.3, -0.25) is 0 Å². The van der Waals surface area contributed by atoms with Crippen molar-refractivity contribution in [2.24, 2.45) is 0 Å². The monoisotopic (exact) mass is 235 g/mol. The molecule has 2 nitrogen and oxygen atoms in total. The molecule has 2 heteroatoms. The van der Waals surface area contributed by atoms with Gasteiger partial charge >= 0.3 is 0 Å². The van der Waals surface area contributed by atoms with Crippen molar-refractivity contribution >= 4 is 0 Å². The van der Waals surface area contributed by atoms with E-state index in [2.05, 4.69) is 17.1 Å². The zero-order valence-corrected chi connectivity index (χ0v) is 9.80. The van der Waals surface area contributed by atoms with E-state index in [1.807, 2.05) is 42.6 Å². The highest BCUT2D eigenvalue weighted by molar-refractivity contribution is 5.81. The summed E-state index contributed by atoms with van der Waals surface area (Å²) < 4.78 is 0. The van der Waals surface area contributed by atoms with E-state index in [0.717, 1.165) is 22.4 Å². The van der Waals surface area contributed by atoms with Crippen LogP contribution in [0.3, 0.4) is 0 Å². The Balaban J connectivity index is 2.13. The normalized spacial score (nSPS) is 10.4. The molecule has 0 spiro atoms. The molecule has 3 aromatic rings. The highest BCUT2D eigenvalue weighted by Crippen LogP contribution is 2.32. The van der Waals surface area contributed by atoms with Crippen LogP contribution in [0.4, 0.5) is 0 Å². The van der Waals surface area contributed by atoms with Gasteiger partial charge in [0.1, 0.15) is 5.75 Å². The lowest BCUT2D eigenvalue weighted by molar-refractivity contribution is 0.475. The first-order valence-corrected chi connectivity index (χ1v) is 5.87. The summed E-state index contributed by atoms with van der Waals surface area (Å²) in [6.45, 7) is 0. The Hall–Kier alpha value is -2.48. The molecule has 0 aliphatic carbocycles. The average Bonchev–Trinajstić information content (AvgIpc) is 2.89. The number of hydrogen-bond acceptors (Lipinski definition) is 1. The minimum Gasteiger partial charge on any atom is -0.508 e. The summed E-state index contributed by atoms with van der Waals surface area (Å²) in [5.74, 6) is 0.285. The predicted octanol–water partition coefficient (Wildman–Crippen LogP) is 4.05. The van der Waals surface area contributed by atoms with Crippen molar-refractivity contribution in [3.05, 3.63) is 66.9 Å². The number of phenols is 1. The molecule has 0 atom stereocenters. The first-order chi connectivity index (χ1) is 8.84. The summed E-state index contributed by atoms with van der Waals surface area (Å²) in [5.41, 5.74) is 4.31. The molecule has 0 aliphatic rings. The van der Waals surface area contributed by atoms with Gasteiger partial charge in [-0.05, 0) is 29.3 Å². The van der Waals surface area contributed by atoms with Gasteiger partial charge in [0, 0.05) is 11.8 Å². The molecule has 18 heavy (non-hydrogen) atoms. The summed E-state index contributed by atoms with van der Waals surface area (Å²) in [4.78, 5) is 3.26. The van der Waals surface area contributed by atoms with E-state index in [-0.39, 0.29) is 5.75 Å². The number of aromatic nitrogens is 1. The van der Waals surface area contributed by atoms with Crippen LogP contribution in [0.2, 0.25) is 0 Å². The fourth-order valence-corrected chi connectivity index (χ4v) is 2.13. The maximum atomic E-state index is 9.56. The van der Waals surface area contributed by atoms with Crippen LogP contribution in [0, 0.1) is 0 Å². The summed E-state index contributed by atoms with van der Waals surface area (Å²) in [5, 5.41) is 9.56. The molecule has 0 radical (unpaired) electrons. The van der Waals surface area contributed by atoms with Crippen molar-refractivity contribution in [1.82, 2.24) is 4.98 Å². The lowest BCUT2D eigenvalue weighted by atomic mass is 10.0. The van der Waals surface area contributed by atoms with Crippen molar-refractivity contribution in [3.63, 3.8) is 0 Å². The molecule has 2 aromatic carbocycles. The Morgan fingerprint density at radius 3 is 2.33 bits per heavy atom. The first kappa shape index (κ1) is 10.7. The van der Waals surface area contributed by atoms with Gasteiger partial charge in [-0.25, -0.2) is 0 Å². The van der Waals surface area contributed by atoms with Crippen LogP contribution >= 0.6 is 0 Å². The standard InChI is InChI=1S/C16H13NO/c18-14-8-4-7-13(11-14)15-9-10-17-16(15)12-5-2-1-3-6-12/h1-11,17-18H. The van der Waals surface area contributed by atoms with E-state index in [1.165, 1.54) is 0 Å². The summed E-state index contributed by atoms with van der Waals surface area (Å²) >= 11 is 0. The Labute approximate surface area is 106 Å². The molecule has 0 aliphatic heterocycles. The van der Waals surface area contributed by atoms with Crippen molar-refractivity contribution in [1.29, 1.82) is 0 Å². The third kappa shape index (κ3) is 1.89. The second-order valence-electron chi connectivity index (χ2n) is 4.18. The van der Waals surface area contributed by atoms with Crippen LogP contribution in [0.25, 0.3) is 22.4 Å². The molecule has 0 amide bonds. The zero-order valence-electron chi connectivity index (χ0n) is 9.80. The van der Waals surface area contributed by atoms with E-state index in [0.29, 0.717) is 0 Å². The maximum Gasteiger partial charge on any atom is 0.116 e. The minimum atomic E-state index is 0.285. The molecular weight excluding hydrogens is 222 g/mol. The van der Waals surface area contributed by atoms with Gasteiger partial charge < -0.3 is 10.1 Å². The van der Waals surface area contributed by atoms with Crippen LogP contribution in [-0.2, 0) is 0 Å². The fourth-order valence-electron chi connectivity index (χ4n) is 2.13. The maximum absolute atomic E-state index is 9.56. The molecule has 0 saturated carbocycles. The van der Waals surface area contributed by atoms with Gasteiger partial charge in [0.05, 0.1) is 5.69 Å². The number of aromatic hydroxyl groups is 1. The van der Waals surface area contributed by atoms with Gasteiger partial charge in [0.2, 0.25) is 0 Å². The second-order valence-corrected chi connectivity index (χ2v) is 4.18. The average molecular weight is 235 g/mol. The lowest BCUT2D eigenvalue weighted by Crippen LogP contribution is -1.81. The van der Waals surface area contributed by atoms with Crippen molar-refractivity contribution < 1.29 is 5.11 Å². The fraction of sp³-hybridized carbons (Fsp3) is 0. The number of phenolic OH excluding ortho intramolecular Hbond substituents is 1. The molecule has 2 N–H and O–H groups in total. The van der Waals surface area contributed by atoms with Crippen LogP contribution in [0.15, 0.2) is 66.9 Å². The number of benzene rings is 2. The predicted molar refractivity (Wildman–Crippen MR) is 73.3 cm³/mol. The quantitative estimate of drug-likeness (QED) is 0.690. The van der Waals surface area contributed by atoms with Crippen molar-refractivity contribution in [2.75, 3.05) is 0 Å². The van der Waals surface area contributed by atoms with E-state index < -0.39 is 0 Å². The van der Waals surface area contributed by atoms with E-state index in [9.17, 15) is 5.11 Å². The van der Waals surface area contributed by atoms with E-state index in [1.54, 1.807) is 12.1 Å². The molecular formula is C16H13NO. The molecule has 0 saturated heterocycles. The summed E-state index contributed by atoms with van der Waals surface area (Å²) in [7, 11) is 0. The molecule has 1 aromatic heterocycles. The van der Waals surface area contributed by atoms with Crippen molar-refractivity contribution in [3.8, 4) is 28.1 Å². The topological polar surface area (TPSA) is 36.0 Å². The largest absolute Gasteiger partial charge is 0.508 e. The van der Waals surface area contributed by atoms with Gasteiger partial charge in [-0.15, -0.1) is 0 Å². The molecule has 3 rings (SSSR count). The number of aromatic amines is 1. The molecule has 1 heterocycles. The van der Waals surface area contributed by atoms with Crippen LogP contribution in [0.1, 0.15) is 0 Å². The van der Waals surface area contributed by atoms with Crippen LogP contribution in [0.5, 0.6) is 5.75 Å². The summed E-state index contributed by atoms with van der Waals surface area (Å²) in [6.07, 6.45) is 1.92. The zero-order chi connectivity index (χ0) is 12.4. The van der Waals surface area contributed by atoms with E-state index >= 15 is 0 Å².